The minimum Gasteiger partial charge on any atom is -0.325 e. The van der Waals surface area contributed by atoms with E-state index in [1.165, 1.54) is 16.0 Å². The first-order chi connectivity index (χ1) is 7.54. The van der Waals surface area contributed by atoms with E-state index >= 15 is 0 Å². The first-order valence-corrected chi connectivity index (χ1v) is 6.34. The molecule has 0 atom stereocenters. The Morgan fingerprint density at radius 3 is 2.31 bits per heavy atom. The molecule has 0 aliphatic rings. The summed E-state index contributed by atoms with van der Waals surface area (Å²) < 4.78 is 0. The van der Waals surface area contributed by atoms with Crippen LogP contribution < -0.4 is 5.73 Å². The van der Waals surface area contributed by atoms with Gasteiger partial charge in [-0.25, -0.2) is 0 Å². The van der Waals surface area contributed by atoms with Crippen LogP contribution in [0, 0.1) is 0 Å². The molecule has 1 aromatic carbocycles. The van der Waals surface area contributed by atoms with Crippen LogP contribution in [-0.2, 0) is 6.42 Å². The second kappa shape index (κ2) is 4.40. The molecule has 1 aromatic heterocycles. The highest BCUT2D eigenvalue weighted by atomic mass is 32.1. The van der Waals surface area contributed by atoms with E-state index in [1.54, 1.807) is 11.3 Å². The van der Waals surface area contributed by atoms with Gasteiger partial charge in [0, 0.05) is 10.4 Å². The molecule has 0 radical (unpaired) electrons. The third-order valence-corrected chi connectivity index (χ3v) is 3.34. The fraction of sp³-hybridized carbons (Fsp3) is 0.286. The van der Waals surface area contributed by atoms with Crippen LogP contribution in [0.25, 0.3) is 10.4 Å². The number of rotatable bonds is 3. The molecule has 0 bridgehead atoms. The van der Waals surface area contributed by atoms with Crippen LogP contribution in [0.1, 0.15) is 19.4 Å². The van der Waals surface area contributed by atoms with Gasteiger partial charge < -0.3 is 5.73 Å². The van der Waals surface area contributed by atoms with E-state index < -0.39 is 0 Å². The predicted octanol–water partition coefficient (Wildman–Crippen LogP) is 3.69. The van der Waals surface area contributed by atoms with Crippen molar-refractivity contribution >= 4 is 11.3 Å². The Kier molecular flexibility index (Phi) is 3.13. The summed E-state index contributed by atoms with van der Waals surface area (Å²) in [6.07, 6.45) is 0.914. The Morgan fingerprint density at radius 2 is 1.81 bits per heavy atom. The number of benzene rings is 1. The highest BCUT2D eigenvalue weighted by Crippen LogP contribution is 2.25. The molecule has 2 N–H and O–H groups in total. The molecule has 16 heavy (non-hydrogen) atoms. The minimum atomic E-state index is -0.134. The number of nitrogens with two attached hydrogens (primary N) is 1. The molecule has 1 heterocycles. The van der Waals surface area contributed by atoms with Gasteiger partial charge in [-0.1, -0.05) is 30.3 Å². The summed E-state index contributed by atoms with van der Waals surface area (Å²) in [5, 5.41) is 2.10. The zero-order valence-electron chi connectivity index (χ0n) is 9.73. The zero-order valence-corrected chi connectivity index (χ0v) is 10.6. The quantitative estimate of drug-likeness (QED) is 0.856. The molecule has 0 saturated heterocycles. The lowest BCUT2D eigenvalue weighted by Crippen LogP contribution is -2.34. The van der Waals surface area contributed by atoms with Gasteiger partial charge in [0.15, 0.2) is 0 Å². The van der Waals surface area contributed by atoms with E-state index in [9.17, 15) is 0 Å². The smallest absolute Gasteiger partial charge is 0.0342 e. The van der Waals surface area contributed by atoms with Crippen molar-refractivity contribution in [1.29, 1.82) is 0 Å². The predicted molar refractivity (Wildman–Crippen MR) is 71.7 cm³/mol. The molecule has 0 aliphatic heterocycles. The van der Waals surface area contributed by atoms with Crippen molar-refractivity contribution in [3.8, 4) is 10.4 Å². The molecule has 1 nitrogen and oxygen atoms in total. The van der Waals surface area contributed by atoms with Crippen LogP contribution in [0.3, 0.4) is 0 Å². The van der Waals surface area contributed by atoms with Crippen molar-refractivity contribution in [3.05, 3.63) is 47.3 Å². The number of hydrogen-bond acceptors (Lipinski definition) is 2. The zero-order chi connectivity index (χ0) is 11.6. The molecule has 0 unspecified atom stereocenters. The van der Waals surface area contributed by atoms with E-state index in [0.717, 1.165) is 6.42 Å². The Hall–Kier alpha value is -1.12. The summed E-state index contributed by atoms with van der Waals surface area (Å²) in [7, 11) is 0. The molecule has 0 amide bonds. The molecular weight excluding hydrogens is 214 g/mol. The van der Waals surface area contributed by atoms with E-state index in [0.29, 0.717) is 0 Å². The van der Waals surface area contributed by atoms with E-state index in [1.807, 2.05) is 0 Å². The normalized spacial score (nSPS) is 11.7. The van der Waals surface area contributed by atoms with Gasteiger partial charge in [0.05, 0.1) is 0 Å². The topological polar surface area (TPSA) is 26.0 Å². The standard InChI is InChI=1S/C14H17NS/c1-14(2,15)10-11-5-7-12(8-6-11)13-4-3-9-16-13/h3-9H,10,15H2,1-2H3. The summed E-state index contributed by atoms with van der Waals surface area (Å²) in [5.74, 6) is 0. The summed E-state index contributed by atoms with van der Waals surface area (Å²) in [4.78, 5) is 1.32. The van der Waals surface area contributed by atoms with Crippen molar-refractivity contribution in [2.45, 2.75) is 25.8 Å². The van der Waals surface area contributed by atoms with Crippen molar-refractivity contribution < 1.29 is 0 Å². The van der Waals surface area contributed by atoms with Crippen molar-refractivity contribution in [2.24, 2.45) is 5.73 Å². The number of hydrogen-bond donors (Lipinski definition) is 1. The largest absolute Gasteiger partial charge is 0.325 e. The summed E-state index contributed by atoms with van der Waals surface area (Å²) in [6.45, 7) is 4.11. The number of thiophene rings is 1. The molecule has 2 rings (SSSR count). The molecule has 0 aliphatic carbocycles. The molecule has 0 fully saturated rings. The second-order valence-corrected chi connectivity index (χ2v) is 5.79. The first-order valence-electron chi connectivity index (χ1n) is 5.46. The Balaban J connectivity index is 2.17. The maximum Gasteiger partial charge on any atom is 0.0342 e. The summed E-state index contributed by atoms with van der Waals surface area (Å²) in [5.41, 5.74) is 8.45. The van der Waals surface area contributed by atoms with Gasteiger partial charge in [-0.15, -0.1) is 11.3 Å². The lowest BCUT2D eigenvalue weighted by molar-refractivity contribution is 0.517. The minimum absolute atomic E-state index is 0.134. The fourth-order valence-corrected chi connectivity index (χ4v) is 2.49. The monoisotopic (exact) mass is 231 g/mol. The highest BCUT2D eigenvalue weighted by Gasteiger charge is 2.11. The Labute approximate surface area is 101 Å². The van der Waals surface area contributed by atoms with Gasteiger partial charge in [-0.3, -0.25) is 0 Å². The molecular formula is C14H17NS. The van der Waals surface area contributed by atoms with Gasteiger partial charge >= 0.3 is 0 Å². The van der Waals surface area contributed by atoms with Gasteiger partial charge in [0.1, 0.15) is 0 Å². The van der Waals surface area contributed by atoms with Crippen LogP contribution in [0.2, 0.25) is 0 Å². The highest BCUT2D eigenvalue weighted by molar-refractivity contribution is 7.13. The van der Waals surface area contributed by atoms with Crippen molar-refractivity contribution in [3.63, 3.8) is 0 Å². The van der Waals surface area contributed by atoms with Crippen LogP contribution in [-0.4, -0.2) is 5.54 Å². The second-order valence-electron chi connectivity index (χ2n) is 4.84. The van der Waals surface area contributed by atoms with Gasteiger partial charge in [0.2, 0.25) is 0 Å². The average molecular weight is 231 g/mol. The van der Waals surface area contributed by atoms with Crippen molar-refractivity contribution in [1.82, 2.24) is 0 Å². The van der Waals surface area contributed by atoms with Gasteiger partial charge in [-0.2, -0.15) is 0 Å². The lowest BCUT2D eigenvalue weighted by Gasteiger charge is -2.18. The Morgan fingerprint density at radius 1 is 1.12 bits per heavy atom. The molecule has 0 spiro atoms. The fourth-order valence-electron chi connectivity index (χ4n) is 1.76. The average Bonchev–Trinajstić information content (AvgIpc) is 2.69. The van der Waals surface area contributed by atoms with Gasteiger partial charge in [-0.05, 0) is 42.8 Å². The summed E-state index contributed by atoms with van der Waals surface area (Å²) in [6, 6.07) is 12.9. The first kappa shape index (κ1) is 11.4. The van der Waals surface area contributed by atoms with E-state index in [2.05, 4.69) is 55.6 Å². The SMILES string of the molecule is CC(C)(N)Cc1ccc(-c2cccs2)cc1. The lowest BCUT2D eigenvalue weighted by atomic mass is 9.95. The van der Waals surface area contributed by atoms with Crippen LogP contribution in [0.4, 0.5) is 0 Å². The van der Waals surface area contributed by atoms with Crippen LogP contribution >= 0.6 is 11.3 Å². The van der Waals surface area contributed by atoms with Gasteiger partial charge in [0.25, 0.3) is 0 Å². The van der Waals surface area contributed by atoms with Crippen LogP contribution in [0.5, 0.6) is 0 Å². The molecule has 2 aromatic rings. The molecule has 84 valence electrons. The van der Waals surface area contributed by atoms with E-state index in [-0.39, 0.29) is 5.54 Å². The Bertz CT molecular complexity index is 435. The van der Waals surface area contributed by atoms with Crippen LogP contribution in [0.15, 0.2) is 41.8 Å². The van der Waals surface area contributed by atoms with Crippen molar-refractivity contribution in [2.75, 3.05) is 0 Å². The third-order valence-electron chi connectivity index (χ3n) is 2.42. The molecule has 2 heteroatoms. The maximum atomic E-state index is 6.00. The third kappa shape index (κ3) is 2.94. The maximum absolute atomic E-state index is 6.00. The van der Waals surface area contributed by atoms with E-state index in [4.69, 9.17) is 5.73 Å². The summed E-state index contributed by atoms with van der Waals surface area (Å²) >= 11 is 1.77. The molecule has 0 saturated carbocycles.